The highest BCUT2D eigenvalue weighted by molar-refractivity contribution is 5.98. The van der Waals surface area contributed by atoms with Crippen molar-refractivity contribution >= 4 is 23.6 Å². The van der Waals surface area contributed by atoms with Crippen LogP contribution in [-0.4, -0.2) is 84.4 Å². The minimum atomic E-state index is -5.00. The summed E-state index contributed by atoms with van der Waals surface area (Å²) in [7, 11) is 1.36. The number of methoxy groups -OCH3 is 1. The number of ether oxygens (including phenoxy) is 1. The molecule has 4 amide bonds. The summed E-state index contributed by atoms with van der Waals surface area (Å²) >= 11 is 0. The normalized spacial score (nSPS) is 14.5. The minimum Gasteiger partial charge on any atom is -0.497 e. The fourth-order valence-corrected chi connectivity index (χ4v) is 3.88. The Labute approximate surface area is 249 Å². The highest BCUT2D eigenvalue weighted by atomic mass is 19.4. The van der Waals surface area contributed by atoms with E-state index in [1.807, 2.05) is 0 Å². The predicted molar refractivity (Wildman–Crippen MR) is 145 cm³/mol. The Bertz CT molecular complexity index is 1280. The van der Waals surface area contributed by atoms with E-state index < -0.39 is 79.0 Å². The number of carbonyl (C=O) groups excluding carboxylic acids is 4. The number of amides is 4. The van der Waals surface area contributed by atoms with Gasteiger partial charge in [0.15, 0.2) is 0 Å². The van der Waals surface area contributed by atoms with Crippen LogP contribution in [0, 0.1) is 5.92 Å². The van der Waals surface area contributed by atoms with Crippen LogP contribution < -0.4 is 26.0 Å². The van der Waals surface area contributed by atoms with Crippen molar-refractivity contribution in [2.75, 3.05) is 20.3 Å². The fraction of sp³-hybridized carbons (Fsp3) is 0.429. The lowest BCUT2D eigenvalue weighted by atomic mass is 9.93. The van der Waals surface area contributed by atoms with Crippen molar-refractivity contribution in [1.29, 1.82) is 0 Å². The highest BCUT2D eigenvalue weighted by Crippen LogP contribution is 2.27. The smallest absolute Gasteiger partial charge is 0.405 e. The fourth-order valence-electron chi connectivity index (χ4n) is 3.88. The third kappa shape index (κ3) is 9.87. The van der Waals surface area contributed by atoms with Crippen LogP contribution in [0.1, 0.15) is 35.8 Å². The van der Waals surface area contributed by atoms with Crippen LogP contribution in [0.25, 0.3) is 0 Å². The maximum atomic E-state index is 14.7. The second kappa shape index (κ2) is 15.4. The molecule has 2 aromatic rings. The van der Waals surface area contributed by atoms with Crippen LogP contribution >= 0.6 is 0 Å². The largest absolute Gasteiger partial charge is 0.497 e. The van der Waals surface area contributed by atoms with E-state index in [2.05, 4.69) is 16.0 Å². The number of hydrogen-bond donors (Lipinski definition) is 6. The Morgan fingerprint density at radius 2 is 1.45 bits per heavy atom. The molecular weight excluding hydrogens is 599 g/mol. The minimum absolute atomic E-state index is 0.0782. The van der Waals surface area contributed by atoms with Gasteiger partial charge in [0.25, 0.3) is 11.8 Å². The van der Waals surface area contributed by atoms with E-state index in [1.165, 1.54) is 57.4 Å². The number of carbonyl (C=O) groups is 4. The van der Waals surface area contributed by atoms with Crippen molar-refractivity contribution in [2.24, 2.45) is 5.92 Å². The van der Waals surface area contributed by atoms with Gasteiger partial charge in [0.05, 0.1) is 19.8 Å². The van der Waals surface area contributed by atoms with Gasteiger partial charge in [0.1, 0.15) is 30.5 Å². The molecule has 0 aliphatic heterocycles. The Balaban J connectivity index is 2.33. The lowest BCUT2D eigenvalue weighted by molar-refractivity contribution is -0.175. The number of nitrogens with one attached hydrogen (secondary N) is 4. The van der Waals surface area contributed by atoms with Crippen molar-refractivity contribution < 1.29 is 56.1 Å². The quantitative estimate of drug-likeness (QED) is 0.172. The van der Waals surface area contributed by atoms with Gasteiger partial charge in [-0.2, -0.15) is 22.0 Å². The lowest BCUT2D eigenvalue weighted by Gasteiger charge is -2.33. The second-order valence-electron chi connectivity index (χ2n) is 9.93. The van der Waals surface area contributed by atoms with E-state index in [0.29, 0.717) is 5.75 Å². The first-order chi connectivity index (χ1) is 20.5. The van der Waals surface area contributed by atoms with Crippen LogP contribution in [0.15, 0.2) is 54.6 Å². The number of rotatable bonds is 14. The molecule has 2 aromatic carbocycles. The van der Waals surface area contributed by atoms with Gasteiger partial charge in [-0.05, 0) is 35.7 Å². The van der Waals surface area contributed by atoms with Gasteiger partial charge < -0.3 is 36.2 Å². The molecule has 0 aliphatic carbocycles. The molecule has 0 aromatic heterocycles. The van der Waals surface area contributed by atoms with E-state index in [4.69, 9.17) is 4.74 Å². The molecule has 4 atom stereocenters. The molecule has 0 saturated heterocycles. The number of hydrogen-bond acceptors (Lipinski definition) is 7. The topological polar surface area (TPSA) is 166 Å². The molecule has 6 N–H and O–H groups in total. The summed E-state index contributed by atoms with van der Waals surface area (Å²) < 4.78 is 71.9. The van der Waals surface area contributed by atoms with E-state index in [9.17, 15) is 51.3 Å². The molecule has 0 aliphatic rings. The van der Waals surface area contributed by atoms with Gasteiger partial charge in [-0.3, -0.25) is 19.2 Å². The van der Waals surface area contributed by atoms with E-state index in [1.54, 1.807) is 18.2 Å². The molecule has 0 bridgehead atoms. The average molecular weight is 633 g/mol. The first-order valence-corrected chi connectivity index (χ1v) is 13.1. The first kappa shape index (κ1) is 35.9. The molecule has 0 unspecified atom stereocenters. The summed E-state index contributed by atoms with van der Waals surface area (Å²) in [5.41, 5.74) is 0.242. The van der Waals surface area contributed by atoms with Crippen LogP contribution in [-0.2, 0) is 14.4 Å². The zero-order valence-corrected chi connectivity index (χ0v) is 23.8. The van der Waals surface area contributed by atoms with Crippen LogP contribution in [0.2, 0.25) is 0 Å². The Kier molecular flexibility index (Phi) is 12.6. The van der Waals surface area contributed by atoms with E-state index >= 15 is 0 Å². The summed E-state index contributed by atoms with van der Waals surface area (Å²) in [6.07, 6.45) is -7.98. The standard InChI is InChI=1S/C28H33F5N4O7/c1-15(2)20(22(39)28(32,33)26(43)34-14-27(29,30)31)36-25(42)21(16-9-11-18(44-3)12-10-16)37-24(41)19(13-38)35-23(40)17-7-5-4-6-8-17/h4-12,15,19-22,38-39H,13-14H2,1-3H3,(H,34,43)(H,35,40)(H,36,42)(H,37,41)/t19-,20-,21-,22+/m0/s1. The van der Waals surface area contributed by atoms with Crippen molar-refractivity contribution in [1.82, 2.24) is 21.3 Å². The number of aliphatic hydroxyl groups is 2. The van der Waals surface area contributed by atoms with Gasteiger partial charge in [0.2, 0.25) is 11.8 Å². The zero-order chi connectivity index (χ0) is 33.2. The Morgan fingerprint density at radius 1 is 0.864 bits per heavy atom. The van der Waals surface area contributed by atoms with Crippen LogP contribution in [0.5, 0.6) is 5.75 Å². The third-order valence-corrected chi connectivity index (χ3v) is 6.33. The maximum absolute atomic E-state index is 14.7. The summed E-state index contributed by atoms with van der Waals surface area (Å²) in [5, 5.41) is 28.0. The lowest BCUT2D eigenvalue weighted by Crippen LogP contribution is -2.61. The van der Waals surface area contributed by atoms with Crippen LogP contribution in [0.4, 0.5) is 22.0 Å². The Hall–Kier alpha value is -4.31. The van der Waals surface area contributed by atoms with Crippen molar-refractivity contribution in [2.45, 2.75) is 50.2 Å². The summed E-state index contributed by atoms with van der Waals surface area (Å²) in [6, 6.07) is 8.06. The van der Waals surface area contributed by atoms with Gasteiger partial charge in [-0.15, -0.1) is 0 Å². The molecule has 0 spiro atoms. The van der Waals surface area contributed by atoms with Crippen molar-refractivity contribution in [3.05, 3.63) is 65.7 Å². The maximum Gasteiger partial charge on any atom is 0.405 e. The van der Waals surface area contributed by atoms with E-state index in [-0.39, 0.29) is 11.1 Å². The van der Waals surface area contributed by atoms with Crippen LogP contribution in [0.3, 0.4) is 0 Å². The molecular formula is C28H33F5N4O7. The van der Waals surface area contributed by atoms with Gasteiger partial charge in [-0.25, -0.2) is 0 Å². The molecule has 0 saturated carbocycles. The molecule has 2 rings (SSSR count). The molecule has 44 heavy (non-hydrogen) atoms. The van der Waals surface area contributed by atoms with E-state index in [0.717, 1.165) is 5.32 Å². The van der Waals surface area contributed by atoms with Crippen molar-refractivity contribution in [3.8, 4) is 5.75 Å². The Morgan fingerprint density at radius 3 is 1.95 bits per heavy atom. The zero-order valence-electron chi connectivity index (χ0n) is 23.8. The number of aliphatic hydroxyl groups excluding tert-OH is 2. The summed E-state index contributed by atoms with van der Waals surface area (Å²) in [6.45, 7) is -0.390. The first-order valence-electron chi connectivity index (χ1n) is 13.1. The number of alkyl halides is 5. The summed E-state index contributed by atoms with van der Waals surface area (Å²) in [5.74, 6) is -10.8. The molecule has 0 radical (unpaired) electrons. The SMILES string of the molecule is COc1ccc([C@H](NC(=O)[C@H](CO)NC(=O)c2ccccc2)C(=O)N[C@@H](C(C)C)[C@@H](O)C(F)(F)C(=O)NCC(F)(F)F)cc1. The molecule has 11 nitrogen and oxygen atoms in total. The highest BCUT2D eigenvalue weighted by Gasteiger charge is 2.52. The van der Waals surface area contributed by atoms with Gasteiger partial charge in [-0.1, -0.05) is 44.2 Å². The second-order valence-corrected chi connectivity index (χ2v) is 9.93. The summed E-state index contributed by atoms with van der Waals surface area (Å²) in [4.78, 5) is 51.0. The molecule has 0 heterocycles. The predicted octanol–water partition coefficient (Wildman–Crippen LogP) is 1.46. The monoisotopic (exact) mass is 632 g/mol. The average Bonchev–Trinajstić information content (AvgIpc) is 2.99. The number of halogens is 5. The van der Waals surface area contributed by atoms with Gasteiger partial charge >= 0.3 is 12.1 Å². The van der Waals surface area contributed by atoms with Crippen molar-refractivity contribution in [3.63, 3.8) is 0 Å². The number of benzene rings is 2. The third-order valence-electron chi connectivity index (χ3n) is 6.33. The molecule has 16 heteroatoms. The molecule has 242 valence electrons. The van der Waals surface area contributed by atoms with Gasteiger partial charge in [0, 0.05) is 5.56 Å². The molecule has 0 fully saturated rings.